The first kappa shape index (κ1) is 25.8. The van der Waals surface area contributed by atoms with E-state index in [9.17, 15) is 4.39 Å². The average molecular weight is 519 g/mol. The molecule has 1 aromatic carbocycles. The Bertz CT molecular complexity index is 1120. The zero-order valence-corrected chi connectivity index (χ0v) is 21.7. The molecule has 0 amide bonds. The van der Waals surface area contributed by atoms with Gasteiger partial charge in [-0.2, -0.15) is 0 Å². The summed E-state index contributed by atoms with van der Waals surface area (Å²) < 4.78 is 28.2. The molecular formula is C25H32F2N6S2. The van der Waals surface area contributed by atoms with E-state index < -0.39 is 0 Å². The molecule has 0 atom stereocenters. The number of nitrogens with two attached hydrogens (primary N) is 1. The van der Waals surface area contributed by atoms with Crippen LogP contribution in [0.25, 0.3) is 21.8 Å². The topological polar surface area (TPSA) is 88.8 Å². The molecule has 3 aromatic rings. The number of hydrogen-bond donors (Lipinski definition) is 3. The van der Waals surface area contributed by atoms with Gasteiger partial charge in [0.15, 0.2) is 5.82 Å². The number of benzene rings is 1. The van der Waals surface area contributed by atoms with Crippen molar-refractivity contribution in [2.45, 2.75) is 44.9 Å². The number of nitrogens with zero attached hydrogens (tertiary/aromatic N) is 3. The molecule has 0 radical (unpaired) electrons. The van der Waals surface area contributed by atoms with Crippen LogP contribution in [0.2, 0.25) is 0 Å². The maximum absolute atomic E-state index is 15.6. The molecule has 2 aliphatic rings. The molecule has 1 spiro atoms. The highest BCUT2D eigenvalue weighted by molar-refractivity contribution is 8.00. The summed E-state index contributed by atoms with van der Waals surface area (Å²) in [6.07, 6.45) is 7.35. The van der Waals surface area contributed by atoms with Crippen LogP contribution < -0.4 is 15.8 Å². The number of aromatic nitrogens is 3. The van der Waals surface area contributed by atoms with E-state index in [2.05, 4.69) is 26.9 Å². The smallest absolute Gasteiger partial charge is 0.220 e. The molecule has 2 fully saturated rings. The Hall–Kier alpha value is -2.30. The van der Waals surface area contributed by atoms with Crippen molar-refractivity contribution in [3.63, 3.8) is 0 Å². The SMILES string of the molecule is CCCSNc1cccc(-c2nc(C3CCC4(CC3)CNC4)sc2-c2ccnc(N)n2)c1F.CF. The monoisotopic (exact) mass is 518 g/mol. The van der Waals surface area contributed by atoms with Gasteiger partial charge in [-0.1, -0.05) is 24.9 Å². The van der Waals surface area contributed by atoms with Crippen molar-refractivity contribution in [2.75, 3.05) is 36.5 Å². The minimum atomic E-state index is -0.288. The summed E-state index contributed by atoms with van der Waals surface area (Å²) in [6, 6.07) is 7.26. The molecule has 5 rings (SSSR count). The van der Waals surface area contributed by atoms with Gasteiger partial charge in [0.05, 0.1) is 34.1 Å². The molecule has 188 valence electrons. The molecule has 0 unspecified atom stereocenters. The minimum Gasteiger partial charge on any atom is -0.368 e. The lowest BCUT2D eigenvalue weighted by atomic mass is 9.67. The molecule has 0 bridgehead atoms. The van der Waals surface area contributed by atoms with Gasteiger partial charge in [0.1, 0.15) is 0 Å². The quantitative estimate of drug-likeness (QED) is 0.250. The molecule has 1 saturated carbocycles. The third kappa shape index (κ3) is 5.59. The van der Waals surface area contributed by atoms with Crippen LogP contribution in [0, 0.1) is 11.2 Å². The van der Waals surface area contributed by atoms with Gasteiger partial charge in [0, 0.05) is 36.5 Å². The minimum absolute atomic E-state index is 0.206. The van der Waals surface area contributed by atoms with Crippen molar-refractivity contribution < 1.29 is 8.78 Å². The molecule has 6 nitrogen and oxygen atoms in total. The Kier molecular flexibility index (Phi) is 8.56. The van der Waals surface area contributed by atoms with Gasteiger partial charge in [0.2, 0.25) is 5.95 Å². The lowest BCUT2D eigenvalue weighted by Crippen LogP contribution is -2.54. The molecule has 1 saturated heterocycles. The highest BCUT2D eigenvalue weighted by Crippen LogP contribution is 2.48. The highest BCUT2D eigenvalue weighted by Gasteiger charge is 2.41. The van der Waals surface area contributed by atoms with Crippen molar-refractivity contribution in [1.29, 1.82) is 0 Å². The first-order valence-electron chi connectivity index (χ1n) is 11.9. The van der Waals surface area contributed by atoms with Crippen LogP contribution in [0.1, 0.15) is 50.0 Å². The van der Waals surface area contributed by atoms with Gasteiger partial charge >= 0.3 is 0 Å². The van der Waals surface area contributed by atoms with Crippen LogP contribution >= 0.6 is 23.3 Å². The predicted octanol–water partition coefficient (Wildman–Crippen LogP) is 6.29. The summed E-state index contributed by atoms with van der Waals surface area (Å²) in [7, 11) is 0.500. The number of hydrogen-bond acceptors (Lipinski definition) is 8. The Morgan fingerprint density at radius 3 is 2.63 bits per heavy atom. The van der Waals surface area contributed by atoms with Crippen molar-refractivity contribution in [3.8, 4) is 21.8 Å². The van der Waals surface area contributed by atoms with E-state index in [1.165, 1.54) is 24.8 Å². The maximum atomic E-state index is 15.6. The molecule has 10 heteroatoms. The number of halogens is 2. The number of nitrogens with one attached hydrogen (secondary N) is 2. The largest absolute Gasteiger partial charge is 0.368 e. The summed E-state index contributed by atoms with van der Waals surface area (Å²) in [5.74, 6) is 1.23. The lowest BCUT2D eigenvalue weighted by molar-refractivity contribution is 0.0975. The Labute approximate surface area is 213 Å². The fourth-order valence-corrected chi connectivity index (χ4v) is 6.54. The number of anilines is 2. The third-order valence-electron chi connectivity index (χ3n) is 6.69. The van der Waals surface area contributed by atoms with Gasteiger partial charge in [-0.25, -0.2) is 19.3 Å². The lowest BCUT2D eigenvalue weighted by Gasteiger charge is -2.47. The van der Waals surface area contributed by atoms with Crippen LogP contribution in [0.5, 0.6) is 0 Å². The number of nitrogen functional groups attached to an aromatic ring is 1. The first-order chi connectivity index (χ1) is 17.1. The molecule has 1 aliphatic carbocycles. The summed E-state index contributed by atoms with van der Waals surface area (Å²) in [5, 5.41) is 4.50. The van der Waals surface area contributed by atoms with E-state index in [4.69, 9.17) is 10.7 Å². The Morgan fingerprint density at radius 2 is 1.97 bits per heavy atom. The zero-order valence-electron chi connectivity index (χ0n) is 20.1. The third-order valence-corrected chi connectivity index (χ3v) is 8.91. The van der Waals surface area contributed by atoms with Crippen LogP contribution in [0.3, 0.4) is 0 Å². The van der Waals surface area contributed by atoms with E-state index in [1.807, 2.05) is 12.1 Å². The van der Waals surface area contributed by atoms with E-state index in [1.54, 1.807) is 29.7 Å². The average Bonchev–Trinajstić information content (AvgIpc) is 3.31. The fourth-order valence-electron chi connectivity index (χ4n) is 4.70. The van der Waals surface area contributed by atoms with Gasteiger partial charge < -0.3 is 15.8 Å². The standard InChI is InChI=1S/C24H29FN6S2.CH3F/c1-2-12-32-31-17-5-3-4-16(19(17)25)20-21(18-8-11-28-23(26)29-18)33-22(30-20)15-6-9-24(10-7-15)13-27-14-24;1-2/h3-5,8,11,15,27,31H,2,6-7,9-10,12-14H2,1H3,(H2,26,28,29);1H3. The first-order valence-corrected chi connectivity index (χ1v) is 13.7. The van der Waals surface area contributed by atoms with Crippen molar-refractivity contribution in [2.24, 2.45) is 5.41 Å². The van der Waals surface area contributed by atoms with E-state index in [-0.39, 0.29) is 11.8 Å². The summed E-state index contributed by atoms with van der Waals surface area (Å²) >= 11 is 3.13. The molecule has 1 aliphatic heterocycles. The van der Waals surface area contributed by atoms with Crippen LogP contribution in [-0.4, -0.2) is 41.0 Å². The summed E-state index contributed by atoms with van der Waals surface area (Å²) in [5.41, 5.74) is 8.66. The van der Waals surface area contributed by atoms with Crippen molar-refractivity contribution >= 4 is 34.9 Å². The van der Waals surface area contributed by atoms with Gasteiger partial charge in [-0.3, -0.25) is 4.39 Å². The number of thiazole rings is 1. The Morgan fingerprint density at radius 1 is 1.20 bits per heavy atom. The van der Waals surface area contributed by atoms with Crippen molar-refractivity contribution in [1.82, 2.24) is 20.3 Å². The van der Waals surface area contributed by atoms with Gasteiger partial charge in [-0.05, 0) is 55.7 Å². The molecule has 3 heterocycles. The highest BCUT2D eigenvalue weighted by atomic mass is 32.2. The van der Waals surface area contributed by atoms with E-state index in [0.717, 1.165) is 48.0 Å². The van der Waals surface area contributed by atoms with Crippen LogP contribution in [0.15, 0.2) is 30.5 Å². The fraction of sp³-hybridized carbons (Fsp3) is 0.480. The number of alkyl halides is 1. The molecular weight excluding hydrogens is 486 g/mol. The van der Waals surface area contributed by atoms with E-state index in [0.29, 0.717) is 41.1 Å². The molecule has 2 aromatic heterocycles. The zero-order chi connectivity index (χ0) is 24.8. The van der Waals surface area contributed by atoms with Gasteiger partial charge in [-0.15, -0.1) is 11.3 Å². The van der Waals surface area contributed by atoms with Crippen LogP contribution in [0.4, 0.5) is 20.4 Å². The molecule has 35 heavy (non-hydrogen) atoms. The molecule has 4 N–H and O–H groups in total. The van der Waals surface area contributed by atoms with Crippen LogP contribution in [-0.2, 0) is 0 Å². The maximum Gasteiger partial charge on any atom is 0.220 e. The summed E-state index contributed by atoms with van der Waals surface area (Å²) in [6.45, 7) is 4.37. The van der Waals surface area contributed by atoms with Crippen molar-refractivity contribution in [3.05, 3.63) is 41.3 Å². The second-order valence-electron chi connectivity index (χ2n) is 9.03. The second-order valence-corrected chi connectivity index (χ2v) is 11.0. The van der Waals surface area contributed by atoms with E-state index >= 15 is 4.39 Å². The second kappa shape index (κ2) is 11.6. The number of rotatable bonds is 7. The summed E-state index contributed by atoms with van der Waals surface area (Å²) in [4.78, 5) is 14.3. The predicted molar refractivity (Wildman–Crippen MR) is 143 cm³/mol. The van der Waals surface area contributed by atoms with Gasteiger partial charge in [0.25, 0.3) is 0 Å². The Balaban J connectivity index is 0.00000141. The normalized spacial score (nSPS) is 16.9.